The SMILES string of the molecule is COC(=O)NC1CCN(c2cccc(N)c2C)C1. The molecule has 1 aromatic rings. The van der Waals surface area contributed by atoms with Crippen LogP contribution in [0.25, 0.3) is 0 Å². The van der Waals surface area contributed by atoms with Gasteiger partial charge in [-0.1, -0.05) is 6.07 Å². The number of hydrogen-bond donors (Lipinski definition) is 2. The summed E-state index contributed by atoms with van der Waals surface area (Å²) in [6.45, 7) is 3.73. The van der Waals surface area contributed by atoms with Crippen LogP contribution in [0, 0.1) is 6.92 Å². The van der Waals surface area contributed by atoms with E-state index in [4.69, 9.17) is 5.73 Å². The van der Waals surface area contributed by atoms with Gasteiger partial charge in [0.1, 0.15) is 0 Å². The average Bonchev–Trinajstić information content (AvgIpc) is 2.80. The number of nitrogens with two attached hydrogens (primary N) is 1. The van der Waals surface area contributed by atoms with Gasteiger partial charge in [0.05, 0.1) is 13.2 Å². The number of anilines is 2. The van der Waals surface area contributed by atoms with Crippen molar-refractivity contribution < 1.29 is 9.53 Å². The number of benzene rings is 1. The number of alkyl carbamates (subject to hydrolysis) is 1. The van der Waals surface area contributed by atoms with E-state index >= 15 is 0 Å². The van der Waals surface area contributed by atoms with Gasteiger partial charge in [-0.2, -0.15) is 0 Å². The summed E-state index contributed by atoms with van der Waals surface area (Å²) in [4.78, 5) is 13.4. The van der Waals surface area contributed by atoms with Crippen molar-refractivity contribution in [2.24, 2.45) is 0 Å². The molecule has 0 spiro atoms. The number of hydrogen-bond acceptors (Lipinski definition) is 4. The van der Waals surface area contributed by atoms with Crippen LogP contribution in [0.4, 0.5) is 16.2 Å². The molecule has 0 aromatic heterocycles. The molecule has 1 aromatic carbocycles. The number of nitrogens with one attached hydrogen (secondary N) is 1. The number of nitrogens with zero attached hydrogens (tertiary/aromatic N) is 1. The molecule has 1 amide bonds. The van der Waals surface area contributed by atoms with Gasteiger partial charge >= 0.3 is 6.09 Å². The highest BCUT2D eigenvalue weighted by Crippen LogP contribution is 2.27. The van der Waals surface area contributed by atoms with Crippen LogP contribution in [-0.2, 0) is 4.74 Å². The topological polar surface area (TPSA) is 67.6 Å². The van der Waals surface area contributed by atoms with Crippen molar-refractivity contribution in [3.05, 3.63) is 23.8 Å². The number of rotatable bonds is 2. The molecule has 0 radical (unpaired) electrons. The fraction of sp³-hybridized carbons (Fsp3) is 0.462. The minimum absolute atomic E-state index is 0.137. The van der Waals surface area contributed by atoms with Crippen molar-refractivity contribution in [1.82, 2.24) is 5.32 Å². The monoisotopic (exact) mass is 249 g/mol. The molecule has 0 saturated carbocycles. The third-order valence-electron chi connectivity index (χ3n) is 3.38. The zero-order valence-electron chi connectivity index (χ0n) is 10.8. The van der Waals surface area contributed by atoms with Crippen molar-refractivity contribution in [1.29, 1.82) is 0 Å². The van der Waals surface area contributed by atoms with Gasteiger partial charge in [-0.05, 0) is 31.0 Å². The Bertz CT molecular complexity index is 448. The molecule has 98 valence electrons. The first-order valence-corrected chi connectivity index (χ1v) is 6.06. The molecule has 0 bridgehead atoms. The Kier molecular flexibility index (Phi) is 3.60. The molecule has 2 rings (SSSR count). The second kappa shape index (κ2) is 5.16. The molecule has 5 heteroatoms. The molecule has 0 aliphatic carbocycles. The summed E-state index contributed by atoms with van der Waals surface area (Å²) < 4.78 is 4.61. The lowest BCUT2D eigenvalue weighted by atomic mass is 10.1. The number of amides is 1. The Morgan fingerprint density at radius 3 is 3.06 bits per heavy atom. The quantitative estimate of drug-likeness (QED) is 0.780. The smallest absolute Gasteiger partial charge is 0.407 e. The van der Waals surface area contributed by atoms with Crippen molar-refractivity contribution in [2.45, 2.75) is 19.4 Å². The summed E-state index contributed by atoms with van der Waals surface area (Å²) in [7, 11) is 1.38. The summed E-state index contributed by atoms with van der Waals surface area (Å²) in [6, 6.07) is 6.06. The zero-order chi connectivity index (χ0) is 13.1. The maximum absolute atomic E-state index is 11.2. The highest BCUT2D eigenvalue weighted by molar-refractivity contribution is 5.68. The number of carbonyl (C=O) groups excluding carboxylic acids is 1. The Labute approximate surface area is 107 Å². The predicted molar refractivity (Wildman–Crippen MR) is 71.8 cm³/mol. The van der Waals surface area contributed by atoms with Crippen molar-refractivity contribution in [3.63, 3.8) is 0 Å². The lowest BCUT2D eigenvalue weighted by Crippen LogP contribution is -2.37. The number of ether oxygens (including phenoxy) is 1. The molecule has 1 heterocycles. The minimum Gasteiger partial charge on any atom is -0.453 e. The molecule has 18 heavy (non-hydrogen) atoms. The van der Waals surface area contributed by atoms with Crippen LogP contribution in [0.2, 0.25) is 0 Å². The molecule has 1 atom stereocenters. The maximum atomic E-state index is 11.2. The van der Waals surface area contributed by atoms with E-state index in [0.717, 1.165) is 36.4 Å². The van der Waals surface area contributed by atoms with E-state index in [1.807, 2.05) is 19.1 Å². The van der Waals surface area contributed by atoms with Gasteiger partial charge in [-0.3, -0.25) is 0 Å². The van der Waals surface area contributed by atoms with E-state index in [1.54, 1.807) is 0 Å². The van der Waals surface area contributed by atoms with Gasteiger partial charge in [0.25, 0.3) is 0 Å². The van der Waals surface area contributed by atoms with Crippen LogP contribution in [-0.4, -0.2) is 32.3 Å². The van der Waals surface area contributed by atoms with Crippen LogP contribution in [0.5, 0.6) is 0 Å². The largest absolute Gasteiger partial charge is 0.453 e. The molecule has 5 nitrogen and oxygen atoms in total. The van der Waals surface area contributed by atoms with Crippen LogP contribution < -0.4 is 16.0 Å². The van der Waals surface area contributed by atoms with Crippen molar-refractivity contribution >= 4 is 17.5 Å². The molecule has 1 aliphatic heterocycles. The van der Waals surface area contributed by atoms with Gasteiger partial charge in [-0.25, -0.2) is 4.79 Å². The highest BCUT2D eigenvalue weighted by atomic mass is 16.5. The van der Waals surface area contributed by atoms with Crippen LogP contribution >= 0.6 is 0 Å². The number of nitrogen functional groups attached to an aromatic ring is 1. The Morgan fingerprint density at radius 1 is 1.56 bits per heavy atom. The van der Waals surface area contributed by atoms with E-state index in [2.05, 4.69) is 21.0 Å². The number of methoxy groups -OCH3 is 1. The summed E-state index contributed by atoms with van der Waals surface area (Å²) in [5.74, 6) is 0. The predicted octanol–water partition coefficient (Wildman–Crippen LogP) is 1.51. The third-order valence-corrected chi connectivity index (χ3v) is 3.38. The normalized spacial score (nSPS) is 18.8. The van der Waals surface area contributed by atoms with E-state index < -0.39 is 0 Å². The summed E-state index contributed by atoms with van der Waals surface area (Å²) in [6.07, 6.45) is 0.551. The first-order chi connectivity index (χ1) is 8.61. The molecule has 1 saturated heterocycles. The first-order valence-electron chi connectivity index (χ1n) is 6.06. The van der Waals surface area contributed by atoms with Crippen molar-refractivity contribution in [2.75, 3.05) is 30.8 Å². The zero-order valence-corrected chi connectivity index (χ0v) is 10.8. The van der Waals surface area contributed by atoms with E-state index in [0.29, 0.717) is 0 Å². The van der Waals surface area contributed by atoms with Crippen LogP contribution in [0.3, 0.4) is 0 Å². The van der Waals surface area contributed by atoms with Gasteiger partial charge in [-0.15, -0.1) is 0 Å². The molecular weight excluding hydrogens is 230 g/mol. The summed E-state index contributed by atoms with van der Waals surface area (Å²) in [5, 5.41) is 2.83. The lowest BCUT2D eigenvalue weighted by Gasteiger charge is -2.21. The van der Waals surface area contributed by atoms with Gasteiger partial charge in [0.2, 0.25) is 0 Å². The second-order valence-corrected chi connectivity index (χ2v) is 4.56. The van der Waals surface area contributed by atoms with Gasteiger partial charge in [0, 0.05) is 24.5 Å². The lowest BCUT2D eigenvalue weighted by molar-refractivity contribution is 0.167. The Balaban J connectivity index is 2.04. The maximum Gasteiger partial charge on any atom is 0.407 e. The van der Waals surface area contributed by atoms with E-state index in [-0.39, 0.29) is 12.1 Å². The summed E-state index contributed by atoms with van der Waals surface area (Å²) >= 11 is 0. The van der Waals surface area contributed by atoms with Gasteiger partial charge < -0.3 is 20.7 Å². The molecule has 3 N–H and O–H groups in total. The fourth-order valence-electron chi connectivity index (χ4n) is 2.31. The third kappa shape index (κ3) is 2.50. The minimum atomic E-state index is -0.369. The van der Waals surface area contributed by atoms with E-state index in [1.165, 1.54) is 7.11 Å². The van der Waals surface area contributed by atoms with Crippen molar-refractivity contribution in [3.8, 4) is 0 Å². The first kappa shape index (κ1) is 12.5. The summed E-state index contributed by atoms with van der Waals surface area (Å²) in [5.41, 5.74) is 8.95. The Hall–Kier alpha value is -1.91. The Morgan fingerprint density at radius 2 is 2.33 bits per heavy atom. The average molecular weight is 249 g/mol. The van der Waals surface area contributed by atoms with E-state index in [9.17, 15) is 4.79 Å². The molecule has 1 unspecified atom stereocenters. The molecular formula is C13H19N3O2. The second-order valence-electron chi connectivity index (χ2n) is 4.56. The fourth-order valence-corrected chi connectivity index (χ4v) is 2.31. The molecule has 1 fully saturated rings. The number of carbonyl (C=O) groups is 1. The standard InChI is InChI=1S/C13H19N3O2/c1-9-11(14)4-3-5-12(9)16-7-6-10(8-16)15-13(17)18-2/h3-5,10H,6-8,14H2,1-2H3,(H,15,17). The van der Waals surface area contributed by atoms with Crippen LogP contribution in [0.1, 0.15) is 12.0 Å². The van der Waals surface area contributed by atoms with Gasteiger partial charge in [0.15, 0.2) is 0 Å². The van der Waals surface area contributed by atoms with Crippen LogP contribution in [0.15, 0.2) is 18.2 Å². The highest BCUT2D eigenvalue weighted by Gasteiger charge is 2.25. The molecule has 1 aliphatic rings.